The molecule has 1 N–H and O–H groups in total. The van der Waals surface area contributed by atoms with Crippen LogP contribution in [0.25, 0.3) is 0 Å². The van der Waals surface area contributed by atoms with E-state index in [-0.39, 0.29) is 24.5 Å². The highest BCUT2D eigenvalue weighted by Crippen LogP contribution is 2.25. The van der Waals surface area contributed by atoms with Crippen molar-refractivity contribution in [2.45, 2.75) is 66.6 Å². The zero-order chi connectivity index (χ0) is 26.1. The van der Waals surface area contributed by atoms with Gasteiger partial charge in [0.2, 0.25) is 0 Å². The first-order valence-corrected chi connectivity index (χ1v) is 11.4. The van der Waals surface area contributed by atoms with Crippen LogP contribution in [-0.2, 0) is 20.7 Å². The van der Waals surface area contributed by atoms with E-state index >= 15 is 0 Å². The fourth-order valence-electron chi connectivity index (χ4n) is 2.94. The molecule has 1 atom stereocenters. The normalized spacial score (nSPS) is 12.7. The molecular weight excluding hydrogens is 430 g/mol. The fourth-order valence-corrected chi connectivity index (χ4v) is 2.94. The Hall–Kier alpha value is -3.28. The molecule has 188 valence electrons. The summed E-state index contributed by atoms with van der Waals surface area (Å²) in [6.07, 6.45) is 9.53. The number of hydrogen-bond acceptors (Lipinski definition) is 5. The highest BCUT2D eigenvalue weighted by Gasteiger charge is 2.19. The van der Waals surface area contributed by atoms with Crippen LogP contribution in [0.5, 0.6) is 5.75 Å². The van der Waals surface area contributed by atoms with Gasteiger partial charge in [-0.15, -0.1) is 0 Å². The SMILES string of the molecule is C=C/C=C\C=C\OC(C)C.C=N/C(=C(\OC)C(C)Oc1ccc(CCC(=O)O)c(C)c1)C(C)C. The summed E-state index contributed by atoms with van der Waals surface area (Å²) in [5, 5.41) is 8.79. The Labute approximate surface area is 205 Å². The summed E-state index contributed by atoms with van der Waals surface area (Å²) < 4.78 is 16.6. The van der Waals surface area contributed by atoms with Crippen molar-refractivity contribution in [2.24, 2.45) is 10.9 Å². The summed E-state index contributed by atoms with van der Waals surface area (Å²) in [5.41, 5.74) is 2.80. The van der Waals surface area contributed by atoms with Gasteiger partial charge in [0.1, 0.15) is 5.75 Å². The molecule has 6 nitrogen and oxygen atoms in total. The maximum absolute atomic E-state index is 10.7. The minimum atomic E-state index is -0.795. The van der Waals surface area contributed by atoms with E-state index in [1.807, 2.05) is 78.0 Å². The predicted molar refractivity (Wildman–Crippen MR) is 140 cm³/mol. The van der Waals surface area contributed by atoms with Crippen LogP contribution in [0, 0.1) is 12.8 Å². The number of methoxy groups -OCH3 is 1. The van der Waals surface area contributed by atoms with Crippen LogP contribution in [0.4, 0.5) is 0 Å². The van der Waals surface area contributed by atoms with Gasteiger partial charge in [0, 0.05) is 6.42 Å². The third kappa shape index (κ3) is 12.7. The lowest BCUT2D eigenvalue weighted by atomic mass is 10.0. The molecule has 0 radical (unpaired) electrons. The molecule has 0 amide bonds. The van der Waals surface area contributed by atoms with Crippen LogP contribution in [-0.4, -0.2) is 37.1 Å². The Morgan fingerprint density at radius 2 is 1.82 bits per heavy atom. The number of carboxylic acid groups (broad SMARTS) is 1. The monoisotopic (exact) mass is 471 g/mol. The molecule has 0 spiro atoms. The number of aliphatic imine (C=N–C) groups is 1. The molecule has 0 bridgehead atoms. The Bertz CT molecular complexity index is 866. The number of carbonyl (C=O) groups is 1. The van der Waals surface area contributed by atoms with Crippen LogP contribution in [0.15, 0.2) is 71.8 Å². The molecule has 0 aromatic heterocycles. The van der Waals surface area contributed by atoms with Gasteiger partial charge >= 0.3 is 5.97 Å². The standard InChI is InChI=1S/C19H27NO4.C9H14O/c1-12(2)18(20-5)19(23-6)14(4)24-16-9-7-15(13(3)11-16)8-10-17(21)22;1-4-5-6-7-8-10-9(2)3/h7,9,11-12,14H,5,8,10H2,1-4,6H3,(H,21,22);4-9H,1H2,2-3H3/b19-18-;6-5-,8-7+. The van der Waals surface area contributed by atoms with Crippen molar-refractivity contribution >= 4 is 12.7 Å². The summed E-state index contributed by atoms with van der Waals surface area (Å²) >= 11 is 0. The van der Waals surface area contributed by atoms with Crippen molar-refractivity contribution in [3.63, 3.8) is 0 Å². The quantitative estimate of drug-likeness (QED) is 0.198. The van der Waals surface area contributed by atoms with Gasteiger partial charge in [-0.05, 0) is 76.1 Å². The third-order valence-electron chi connectivity index (χ3n) is 4.58. The van der Waals surface area contributed by atoms with Gasteiger partial charge in [-0.3, -0.25) is 9.79 Å². The molecule has 6 heteroatoms. The predicted octanol–water partition coefficient (Wildman–Crippen LogP) is 6.66. The molecule has 1 aromatic rings. The van der Waals surface area contributed by atoms with E-state index in [9.17, 15) is 4.79 Å². The Morgan fingerprint density at radius 3 is 2.29 bits per heavy atom. The van der Waals surface area contributed by atoms with Gasteiger partial charge in [0.25, 0.3) is 0 Å². The average Bonchev–Trinajstić information content (AvgIpc) is 2.76. The van der Waals surface area contributed by atoms with Crippen molar-refractivity contribution < 1.29 is 24.1 Å². The van der Waals surface area contributed by atoms with Crippen molar-refractivity contribution in [1.29, 1.82) is 0 Å². The van der Waals surface area contributed by atoms with E-state index in [0.29, 0.717) is 17.9 Å². The van der Waals surface area contributed by atoms with Gasteiger partial charge in [0.15, 0.2) is 11.9 Å². The Balaban J connectivity index is 0.000000916. The molecule has 0 heterocycles. The van der Waals surface area contributed by atoms with Gasteiger partial charge in [-0.25, -0.2) is 0 Å². The Kier molecular flexibility index (Phi) is 15.6. The van der Waals surface area contributed by atoms with E-state index in [1.54, 1.807) is 19.4 Å². The summed E-state index contributed by atoms with van der Waals surface area (Å²) in [7, 11) is 1.60. The first-order chi connectivity index (χ1) is 16.1. The topological polar surface area (TPSA) is 77.3 Å². The zero-order valence-corrected chi connectivity index (χ0v) is 21.7. The maximum atomic E-state index is 10.7. The second-order valence-electron chi connectivity index (χ2n) is 8.14. The van der Waals surface area contributed by atoms with Gasteiger partial charge < -0.3 is 19.3 Å². The molecule has 34 heavy (non-hydrogen) atoms. The molecule has 1 aromatic carbocycles. The van der Waals surface area contributed by atoms with E-state index in [2.05, 4.69) is 18.3 Å². The van der Waals surface area contributed by atoms with E-state index in [4.69, 9.17) is 19.3 Å². The first-order valence-electron chi connectivity index (χ1n) is 11.4. The fraction of sp³-hybridized carbons (Fsp3) is 0.429. The maximum Gasteiger partial charge on any atom is 0.303 e. The number of rotatable bonds is 13. The molecule has 0 saturated carbocycles. The number of ether oxygens (including phenoxy) is 3. The van der Waals surface area contributed by atoms with Crippen LogP contribution >= 0.6 is 0 Å². The number of nitrogens with zero attached hydrogens (tertiary/aromatic N) is 1. The molecule has 0 aliphatic carbocycles. The van der Waals surface area contributed by atoms with E-state index in [0.717, 1.165) is 16.8 Å². The molecule has 0 aliphatic rings. The number of benzene rings is 1. The number of aliphatic carboxylic acids is 1. The van der Waals surface area contributed by atoms with Gasteiger partial charge in [0.05, 0.1) is 25.2 Å². The molecule has 0 saturated heterocycles. The summed E-state index contributed by atoms with van der Waals surface area (Å²) in [6.45, 7) is 19.0. The van der Waals surface area contributed by atoms with E-state index < -0.39 is 5.97 Å². The lowest BCUT2D eigenvalue weighted by molar-refractivity contribution is -0.136. The number of carboxylic acids is 1. The highest BCUT2D eigenvalue weighted by molar-refractivity contribution is 5.67. The minimum absolute atomic E-state index is 0.122. The van der Waals surface area contributed by atoms with Crippen molar-refractivity contribution in [3.8, 4) is 5.75 Å². The van der Waals surface area contributed by atoms with Crippen LogP contribution in [0.3, 0.4) is 0 Å². The van der Waals surface area contributed by atoms with Gasteiger partial charge in [-0.2, -0.15) is 0 Å². The Morgan fingerprint density at radius 1 is 1.15 bits per heavy atom. The third-order valence-corrected chi connectivity index (χ3v) is 4.58. The van der Waals surface area contributed by atoms with Crippen LogP contribution in [0.1, 0.15) is 52.2 Å². The molecular formula is C28H41NO5. The molecule has 0 aliphatic heterocycles. The zero-order valence-electron chi connectivity index (χ0n) is 21.7. The van der Waals surface area contributed by atoms with Crippen molar-refractivity contribution in [3.05, 3.63) is 77.9 Å². The van der Waals surface area contributed by atoms with E-state index in [1.165, 1.54) is 0 Å². The highest BCUT2D eigenvalue weighted by atomic mass is 16.5. The van der Waals surface area contributed by atoms with Crippen LogP contribution in [0.2, 0.25) is 0 Å². The molecule has 1 unspecified atom stereocenters. The number of hydrogen-bond donors (Lipinski definition) is 1. The lowest BCUT2D eigenvalue weighted by Gasteiger charge is -2.21. The number of allylic oxidation sites excluding steroid dienone is 5. The first kappa shape index (κ1) is 30.7. The summed E-state index contributed by atoms with van der Waals surface area (Å²) in [4.78, 5) is 14.8. The smallest absolute Gasteiger partial charge is 0.303 e. The van der Waals surface area contributed by atoms with Crippen LogP contribution < -0.4 is 4.74 Å². The molecule has 1 rings (SSSR count). The summed E-state index contributed by atoms with van der Waals surface area (Å²) in [5.74, 6) is 0.758. The second-order valence-corrected chi connectivity index (χ2v) is 8.14. The average molecular weight is 472 g/mol. The summed E-state index contributed by atoms with van der Waals surface area (Å²) in [6, 6.07) is 5.67. The van der Waals surface area contributed by atoms with Crippen molar-refractivity contribution in [1.82, 2.24) is 0 Å². The number of aryl methyl sites for hydroxylation is 2. The van der Waals surface area contributed by atoms with Crippen molar-refractivity contribution in [2.75, 3.05) is 7.11 Å². The van der Waals surface area contributed by atoms with Gasteiger partial charge in [-0.1, -0.05) is 44.7 Å². The largest absolute Gasteiger partial charge is 0.499 e. The second kappa shape index (κ2) is 17.2. The minimum Gasteiger partial charge on any atom is -0.499 e. The molecule has 0 fully saturated rings. The lowest BCUT2D eigenvalue weighted by Crippen LogP contribution is -2.19.